The molecule has 1 aromatic rings. The molecular formula is C22H33NO7. The van der Waals surface area contributed by atoms with Gasteiger partial charge >= 0.3 is 5.97 Å². The van der Waals surface area contributed by atoms with Crippen LogP contribution < -0.4 is 4.74 Å². The summed E-state index contributed by atoms with van der Waals surface area (Å²) in [6.45, 7) is 1.90. The number of nitrogens with zero attached hydrogens (tertiary/aromatic N) is 1. The van der Waals surface area contributed by atoms with Gasteiger partial charge in [-0.3, -0.25) is 0 Å². The zero-order valence-corrected chi connectivity index (χ0v) is 17.4. The zero-order valence-electron chi connectivity index (χ0n) is 17.4. The van der Waals surface area contributed by atoms with Crippen molar-refractivity contribution in [3.8, 4) is 5.75 Å². The molecule has 0 spiro atoms. The van der Waals surface area contributed by atoms with Gasteiger partial charge in [-0.2, -0.15) is 0 Å². The normalized spacial score (nSPS) is 24.6. The first kappa shape index (κ1) is 24.1. The predicted molar refractivity (Wildman–Crippen MR) is 111 cm³/mol. The van der Waals surface area contributed by atoms with Gasteiger partial charge in [-0.25, -0.2) is 4.79 Å². The molecule has 1 aromatic carbocycles. The van der Waals surface area contributed by atoms with Gasteiger partial charge in [0.2, 0.25) is 0 Å². The SMILES string of the molecule is CC(O)(CCC1/C(=N\O)CC(O)C1CCCCOCC(=O)O)COc1ccccc1. The van der Waals surface area contributed by atoms with Crippen molar-refractivity contribution in [1.29, 1.82) is 0 Å². The molecule has 0 bridgehead atoms. The minimum Gasteiger partial charge on any atom is -0.491 e. The van der Waals surface area contributed by atoms with Crippen molar-refractivity contribution in [2.45, 2.75) is 57.2 Å². The Balaban J connectivity index is 1.82. The van der Waals surface area contributed by atoms with Gasteiger partial charge in [-0.05, 0) is 50.7 Å². The highest BCUT2D eigenvalue weighted by Crippen LogP contribution is 2.38. The number of oxime groups is 1. The van der Waals surface area contributed by atoms with E-state index < -0.39 is 17.7 Å². The fourth-order valence-electron chi connectivity index (χ4n) is 3.96. The molecule has 1 saturated carbocycles. The Bertz CT molecular complexity index is 677. The van der Waals surface area contributed by atoms with Crippen molar-refractivity contribution in [3.05, 3.63) is 30.3 Å². The summed E-state index contributed by atoms with van der Waals surface area (Å²) in [5.74, 6) is -0.489. The van der Waals surface area contributed by atoms with Crippen LogP contribution in [0.2, 0.25) is 0 Å². The van der Waals surface area contributed by atoms with E-state index in [1.807, 2.05) is 30.3 Å². The van der Waals surface area contributed by atoms with E-state index in [4.69, 9.17) is 14.6 Å². The number of carboxylic acids is 1. The molecule has 0 aliphatic heterocycles. The molecule has 2 rings (SSSR count). The van der Waals surface area contributed by atoms with E-state index in [2.05, 4.69) is 5.16 Å². The van der Waals surface area contributed by atoms with Gasteiger partial charge in [-0.1, -0.05) is 29.8 Å². The maximum Gasteiger partial charge on any atom is 0.329 e. The minimum atomic E-state index is -1.06. The summed E-state index contributed by atoms with van der Waals surface area (Å²) in [5.41, 5.74) is -0.492. The van der Waals surface area contributed by atoms with E-state index in [0.717, 1.165) is 6.42 Å². The quantitative estimate of drug-likeness (QED) is 0.218. The highest BCUT2D eigenvalue weighted by molar-refractivity contribution is 5.89. The highest BCUT2D eigenvalue weighted by Gasteiger charge is 2.40. The Labute approximate surface area is 177 Å². The van der Waals surface area contributed by atoms with Gasteiger partial charge in [0.05, 0.1) is 17.4 Å². The van der Waals surface area contributed by atoms with Crippen LogP contribution in [0.15, 0.2) is 35.5 Å². The minimum absolute atomic E-state index is 0.0683. The number of unbranched alkanes of at least 4 members (excludes halogenated alkanes) is 1. The average molecular weight is 424 g/mol. The molecule has 1 aliphatic carbocycles. The molecular weight excluding hydrogens is 390 g/mol. The Hall–Kier alpha value is -2.16. The molecule has 0 radical (unpaired) electrons. The first-order valence-electron chi connectivity index (χ1n) is 10.4. The number of aliphatic hydroxyl groups is 2. The molecule has 0 aromatic heterocycles. The van der Waals surface area contributed by atoms with Crippen LogP contribution in [-0.4, -0.2) is 63.7 Å². The smallest absolute Gasteiger partial charge is 0.329 e. The van der Waals surface area contributed by atoms with Crippen molar-refractivity contribution >= 4 is 11.7 Å². The molecule has 4 atom stereocenters. The van der Waals surface area contributed by atoms with E-state index in [1.54, 1.807) is 6.92 Å². The van der Waals surface area contributed by atoms with Crippen molar-refractivity contribution in [2.75, 3.05) is 19.8 Å². The maximum atomic E-state index is 10.7. The molecule has 30 heavy (non-hydrogen) atoms. The fraction of sp³-hybridized carbons (Fsp3) is 0.636. The lowest BCUT2D eigenvalue weighted by Crippen LogP contribution is -2.34. The third-order valence-corrected chi connectivity index (χ3v) is 5.57. The van der Waals surface area contributed by atoms with Crippen LogP contribution in [0.25, 0.3) is 0 Å². The number of para-hydroxylation sites is 1. The summed E-state index contributed by atoms with van der Waals surface area (Å²) in [5, 5.41) is 42.5. The van der Waals surface area contributed by atoms with E-state index in [-0.39, 0.29) is 25.0 Å². The lowest BCUT2D eigenvalue weighted by atomic mass is 9.83. The predicted octanol–water partition coefficient (Wildman–Crippen LogP) is 2.70. The molecule has 0 heterocycles. The monoisotopic (exact) mass is 423 g/mol. The van der Waals surface area contributed by atoms with E-state index in [9.17, 15) is 20.2 Å². The second-order valence-electron chi connectivity index (χ2n) is 8.21. The third kappa shape index (κ3) is 7.93. The van der Waals surface area contributed by atoms with Gasteiger partial charge in [0.1, 0.15) is 19.0 Å². The summed E-state index contributed by atoms with van der Waals surface area (Å²) in [4.78, 5) is 10.5. The maximum absolute atomic E-state index is 10.7. The van der Waals surface area contributed by atoms with Gasteiger partial charge < -0.3 is 30.0 Å². The van der Waals surface area contributed by atoms with Gasteiger partial charge in [0.25, 0.3) is 0 Å². The Morgan fingerprint density at radius 3 is 2.63 bits per heavy atom. The standard InChI is InChI=1S/C22H33NO7/c1-22(27,15-30-16-7-3-2-4-8-16)11-10-17-18(20(24)13-19(17)23-28)9-5-6-12-29-14-21(25)26/h2-4,7-8,17-18,20,24,27-28H,5-6,9-15H2,1H3,(H,25,26)/b23-19-. The Kier molecular flexibility index (Phi) is 9.55. The number of rotatable bonds is 13. The van der Waals surface area contributed by atoms with Crippen LogP contribution in [0.4, 0.5) is 0 Å². The number of carbonyl (C=O) groups is 1. The van der Waals surface area contributed by atoms with Crippen molar-refractivity contribution in [3.63, 3.8) is 0 Å². The highest BCUT2D eigenvalue weighted by atomic mass is 16.5. The molecule has 168 valence electrons. The van der Waals surface area contributed by atoms with Crippen molar-refractivity contribution < 1.29 is 34.8 Å². The van der Waals surface area contributed by atoms with Crippen LogP contribution in [0.3, 0.4) is 0 Å². The summed E-state index contributed by atoms with van der Waals surface area (Å²) in [6, 6.07) is 9.29. The number of carboxylic acid groups (broad SMARTS) is 1. The molecule has 1 aliphatic rings. The number of ether oxygens (including phenoxy) is 2. The summed E-state index contributed by atoms with van der Waals surface area (Å²) < 4.78 is 10.7. The molecule has 4 N–H and O–H groups in total. The number of benzene rings is 1. The van der Waals surface area contributed by atoms with Crippen LogP contribution in [0.1, 0.15) is 45.4 Å². The second-order valence-corrected chi connectivity index (χ2v) is 8.21. The summed E-state index contributed by atoms with van der Waals surface area (Å²) in [6.07, 6.45) is 2.91. The Morgan fingerprint density at radius 1 is 1.23 bits per heavy atom. The molecule has 8 heteroatoms. The van der Waals surface area contributed by atoms with E-state index >= 15 is 0 Å². The van der Waals surface area contributed by atoms with Crippen LogP contribution >= 0.6 is 0 Å². The topological polar surface area (TPSA) is 129 Å². The fourth-order valence-corrected chi connectivity index (χ4v) is 3.96. The number of aliphatic carboxylic acids is 1. The summed E-state index contributed by atoms with van der Waals surface area (Å²) >= 11 is 0. The van der Waals surface area contributed by atoms with Crippen molar-refractivity contribution in [1.82, 2.24) is 0 Å². The van der Waals surface area contributed by atoms with Crippen LogP contribution in [0.5, 0.6) is 5.75 Å². The number of hydrogen-bond donors (Lipinski definition) is 4. The largest absolute Gasteiger partial charge is 0.491 e. The van der Waals surface area contributed by atoms with Crippen molar-refractivity contribution in [2.24, 2.45) is 17.0 Å². The van der Waals surface area contributed by atoms with Crippen LogP contribution in [-0.2, 0) is 9.53 Å². The molecule has 4 unspecified atom stereocenters. The average Bonchev–Trinajstić information content (AvgIpc) is 3.03. The van der Waals surface area contributed by atoms with Gasteiger partial charge in [0, 0.05) is 18.9 Å². The van der Waals surface area contributed by atoms with Crippen LogP contribution in [0, 0.1) is 11.8 Å². The first-order chi connectivity index (χ1) is 14.3. The van der Waals surface area contributed by atoms with E-state index in [0.29, 0.717) is 50.2 Å². The second kappa shape index (κ2) is 11.9. The van der Waals surface area contributed by atoms with Gasteiger partial charge in [0.15, 0.2) is 0 Å². The zero-order chi connectivity index (χ0) is 22.0. The third-order valence-electron chi connectivity index (χ3n) is 5.57. The summed E-state index contributed by atoms with van der Waals surface area (Å²) in [7, 11) is 0. The van der Waals surface area contributed by atoms with Gasteiger partial charge in [-0.15, -0.1) is 0 Å². The molecule has 0 saturated heterocycles. The lowest BCUT2D eigenvalue weighted by Gasteiger charge is -2.27. The Morgan fingerprint density at radius 2 is 1.97 bits per heavy atom. The lowest BCUT2D eigenvalue weighted by molar-refractivity contribution is -0.142. The first-order valence-corrected chi connectivity index (χ1v) is 10.4. The molecule has 8 nitrogen and oxygen atoms in total. The molecule has 0 amide bonds. The molecule has 1 fully saturated rings. The van der Waals surface area contributed by atoms with E-state index in [1.165, 1.54) is 0 Å². The number of hydrogen-bond acceptors (Lipinski definition) is 7. The number of aliphatic hydroxyl groups excluding tert-OH is 1.